The van der Waals surface area contributed by atoms with Crippen LogP contribution in [0.1, 0.15) is 22.7 Å². The van der Waals surface area contributed by atoms with Crippen molar-refractivity contribution in [2.45, 2.75) is 32.3 Å². The lowest BCUT2D eigenvalue weighted by Crippen LogP contribution is -2.59. The van der Waals surface area contributed by atoms with E-state index >= 15 is 0 Å². The molecular formula is C24H30ClN3O5S. The van der Waals surface area contributed by atoms with Crippen LogP contribution < -0.4 is 4.74 Å². The van der Waals surface area contributed by atoms with Gasteiger partial charge in [0.05, 0.1) is 49.9 Å². The van der Waals surface area contributed by atoms with Gasteiger partial charge in [-0.2, -0.15) is 0 Å². The lowest BCUT2D eigenvalue weighted by molar-refractivity contribution is -0.167. The fraction of sp³-hybridized carbons (Fsp3) is 0.542. The Kier molecular flexibility index (Phi) is 8.08. The van der Waals surface area contributed by atoms with E-state index in [9.17, 15) is 9.59 Å². The van der Waals surface area contributed by atoms with Crippen LogP contribution in [0.15, 0.2) is 23.6 Å². The monoisotopic (exact) mass is 507 g/mol. The third kappa shape index (κ3) is 6.27. The second-order valence-corrected chi connectivity index (χ2v) is 10.2. The standard InChI is InChI=1S/C24H30ClN3O5S/c1-17-11-20(3-4-21(17)25)32-16-24(13-23(30)27-5-8-31-9-6-27)15-28(7-10-33-24)22(29)12-19-14-34-18(2)26-19/h3-4,11,14H,5-10,12-13,15-16H2,1-2H3. The van der Waals surface area contributed by atoms with Crippen molar-refractivity contribution in [3.63, 3.8) is 0 Å². The van der Waals surface area contributed by atoms with Gasteiger partial charge in [0.15, 0.2) is 0 Å². The number of hydrogen-bond acceptors (Lipinski definition) is 7. The number of hydrogen-bond donors (Lipinski definition) is 0. The molecule has 8 nitrogen and oxygen atoms in total. The summed E-state index contributed by atoms with van der Waals surface area (Å²) in [5.41, 5.74) is 0.717. The fourth-order valence-corrected chi connectivity index (χ4v) is 4.91. The third-order valence-corrected chi connectivity index (χ3v) is 7.31. The van der Waals surface area contributed by atoms with E-state index in [0.29, 0.717) is 50.2 Å². The number of aromatic nitrogens is 1. The van der Waals surface area contributed by atoms with Crippen LogP contribution in [-0.2, 0) is 25.5 Å². The van der Waals surface area contributed by atoms with Gasteiger partial charge in [-0.3, -0.25) is 9.59 Å². The minimum absolute atomic E-state index is 0.0244. The van der Waals surface area contributed by atoms with E-state index < -0.39 is 5.60 Å². The SMILES string of the molecule is Cc1nc(CC(=O)N2CCOC(COc3ccc(Cl)c(C)c3)(CC(=O)N3CCOCC3)C2)cs1. The van der Waals surface area contributed by atoms with Crippen molar-refractivity contribution in [2.24, 2.45) is 0 Å². The highest BCUT2D eigenvalue weighted by molar-refractivity contribution is 7.09. The first-order chi connectivity index (χ1) is 16.3. The number of rotatable bonds is 7. The Bertz CT molecular complexity index is 1030. The Morgan fingerprint density at radius 3 is 2.62 bits per heavy atom. The Morgan fingerprint density at radius 2 is 1.91 bits per heavy atom. The summed E-state index contributed by atoms with van der Waals surface area (Å²) in [5, 5.41) is 3.50. The number of nitrogens with zero attached hydrogens (tertiary/aromatic N) is 3. The van der Waals surface area contributed by atoms with Crippen LogP contribution in [0.3, 0.4) is 0 Å². The number of halogens is 1. The van der Waals surface area contributed by atoms with Crippen molar-refractivity contribution in [2.75, 3.05) is 52.6 Å². The average molecular weight is 508 g/mol. The van der Waals surface area contributed by atoms with Crippen molar-refractivity contribution in [1.29, 1.82) is 0 Å². The molecule has 4 rings (SSSR count). The maximum atomic E-state index is 13.2. The number of thiazole rings is 1. The number of amides is 2. The Hall–Kier alpha value is -2.20. The van der Waals surface area contributed by atoms with Crippen molar-refractivity contribution in [1.82, 2.24) is 14.8 Å². The molecule has 34 heavy (non-hydrogen) atoms. The molecule has 1 unspecified atom stereocenters. The van der Waals surface area contributed by atoms with Gasteiger partial charge >= 0.3 is 0 Å². The Morgan fingerprint density at radius 1 is 1.15 bits per heavy atom. The Balaban J connectivity index is 1.49. The molecule has 0 N–H and O–H groups in total. The van der Waals surface area contributed by atoms with Crippen LogP contribution in [0.2, 0.25) is 5.02 Å². The quantitative estimate of drug-likeness (QED) is 0.573. The van der Waals surface area contributed by atoms with E-state index in [2.05, 4.69) is 4.98 Å². The molecule has 0 saturated carbocycles. The van der Waals surface area contributed by atoms with Gasteiger partial charge in [0.25, 0.3) is 0 Å². The number of benzene rings is 1. The van der Waals surface area contributed by atoms with Crippen LogP contribution in [0.4, 0.5) is 0 Å². The van der Waals surface area contributed by atoms with Crippen molar-refractivity contribution in [3.05, 3.63) is 44.9 Å². The Labute approximate surface area is 208 Å². The summed E-state index contributed by atoms with van der Waals surface area (Å²) in [7, 11) is 0. The van der Waals surface area contributed by atoms with Crippen LogP contribution >= 0.6 is 22.9 Å². The second kappa shape index (κ2) is 11.0. The highest BCUT2D eigenvalue weighted by Crippen LogP contribution is 2.28. The van der Waals surface area contributed by atoms with Crippen LogP contribution in [0.25, 0.3) is 0 Å². The predicted molar refractivity (Wildman–Crippen MR) is 130 cm³/mol. The number of ether oxygens (including phenoxy) is 3. The topological polar surface area (TPSA) is 81.2 Å². The first-order valence-electron chi connectivity index (χ1n) is 11.4. The van der Waals surface area contributed by atoms with E-state index in [4.69, 9.17) is 25.8 Å². The maximum absolute atomic E-state index is 13.2. The van der Waals surface area contributed by atoms with Crippen molar-refractivity contribution >= 4 is 34.8 Å². The van der Waals surface area contributed by atoms with Crippen LogP contribution in [0.5, 0.6) is 5.75 Å². The minimum Gasteiger partial charge on any atom is -0.490 e. The molecule has 2 aliphatic heterocycles. The van der Waals surface area contributed by atoms with Gasteiger partial charge in [0, 0.05) is 30.0 Å². The summed E-state index contributed by atoms with van der Waals surface area (Å²) in [5.74, 6) is 0.591. The molecule has 2 aliphatic rings. The molecule has 184 valence electrons. The van der Waals surface area contributed by atoms with Crippen molar-refractivity contribution in [3.8, 4) is 5.75 Å². The number of carbonyl (C=O) groups excluding carboxylic acids is 2. The largest absolute Gasteiger partial charge is 0.490 e. The molecule has 1 atom stereocenters. The minimum atomic E-state index is -0.950. The summed E-state index contributed by atoms with van der Waals surface area (Å²) in [4.78, 5) is 34.2. The van der Waals surface area contributed by atoms with Gasteiger partial charge < -0.3 is 24.0 Å². The molecular weight excluding hydrogens is 478 g/mol. The normalized spacial score (nSPS) is 20.9. The molecule has 3 heterocycles. The average Bonchev–Trinajstić information content (AvgIpc) is 3.25. The molecule has 2 aromatic rings. The van der Waals surface area contributed by atoms with E-state index in [-0.39, 0.29) is 37.8 Å². The molecule has 2 amide bonds. The number of morpholine rings is 2. The molecule has 0 bridgehead atoms. The zero-order valence-corrected chi connectivity index (χ0v) is 21.1. The second-order valence-electron chi connectivity index (χ2n) is 8.75. The molecule has 1 aromatic heterocycles. The molecule has 0 radical (unpaired) electrons. The molecule has 2 fully saturated rings. The van der Waals surface area contributed by atoms with Crippen LogP contribution in [0, 0.1) is 13.8 Å². The molecule has 0 spiro atoms. The molecule has 10 heteroatoms. The van der Waals surface area contributed by atoms with E-state index in [0.717, 1.165) is 16.3 Å². The zero-order valence-electron chi connectivity index (χ0n) is 19.5. The number of aryl methyl sites for hydroxylation is 2. The zero-order chi connectivity index (χ0) is 24.1. The predicted octanol–water partition coefficient (Wildman–Crippen LogP) is 2.88. The molecule has 2 saturated heterocycles. The lowest BCUT2D eigenvalue weighted by Gasteiger charge is -2.43. The van der Waals surface area contributed by atoms with Crippen LogP contribution in [-0.4, -0.2) is 84.8 Å². The summed E-state index contributed by atoms with van der Waals surface area (Å²) in [6.07, 6.45) is 0.355. The summed E-state index contributed by atoms with van der Waals surface area (Å²) in [6, 6.07) is 5.43. The first-order valence-corrected chi connectivity index (χ1v) is 12.7. The molecule has 0 aliphatic carbocycles. The van der Waals surface area contributed by atoms with Gasteiger partial charge in [-0.1, -0.05) is 11.6 Å². The third-order valence-electron chi connectivity index (χ3n) is 6.07. The lowest BCUT2D eigenvalue weighted by atomic mass is 9.96. The van der Waals surface area contributed by atoms with E-state index in [1.54, 1.807) is 21.9 Å². The highest BCUT2D eigenvalue weighted by atomic mass is 35.5. The van der Waals surface area contributed by atoms with Gasteiger partial charge in [0.2, 0.25) is 11.8 Å². The van der Waals surface area contributed by atoms with Gasteiger partial charge in [-0.15, -0.1) is 11.3 Å². The van der Waals surface area contributed by atoms with E-state index in [1.165, 1.54) is 11.3 Å². The van der Waals surface area contributed by atoms with Gasteiger partial charge in [-0.25, -0.2) is 4.98 Å². The smallest absolute Gasteiger partial charge is 0.228 e. The summed E-state index contributed by atoms with van der Waals surface area (Å²) >= 11 is 7.67. The number of carbonyl (C=O) groups is 2. The maximum Gasteiger partial charge on any atom is 0.228 e. The first kappa shape index (κ1) is 24.9. The summed E-state index contributed by atoms with van der Waals surface area (Å²) < 4.78 is 17.7. The van der Waals surface area contributed by atoms with Gasteiger partial charge in [0.1, 0.15) is 18.0 Å². The van der Waals surface area contributed by atoms with E-state index in [1.807, 2.05) is 25.3 Å². The summed E-state index contributed by atoms with van der Waals surface area (Å²) in [6.45, 7) is 7.21. The van der Waals surface area contributed by atoms with Gasteiger partial charge in [-0.05, 0) is 37.6 Å². The highest BCUT2D eigenvalue weighted by Gasteiger charge is 2.42. The molecule has 1 aromatic carbocycles. The van der Waals surface area contributed by atoms with Crippen molar-refractivity contribution < 1.29 is 23.8 Å². The fourth-order valence-electron chi connectivity index (χ4n) is 4.18.